The summed E-state index contributed by atoms with van der Waals surface area (Å²) in [6, 6.07) is 20.6. The van der Waals surface area contributed by atoms with E-state index in [0.29, 0.717) is 28.2 Å². The van der Waals surface area contributed by atoms with Crippen molar-refractivity contribution in [2.24, 2.45) is 7.05 Å². The van der Waals surface area contributed by atoms with E-state index in [1.807, 2.05) is 49.4 Å². The highest BCUT2D eigenvalue weighted by Gasteiger charge is 2.18. The molecular weight excluding hydrogens is 552 g/mol. The topological polar surface area (TPSA) is 117 Å². The number of amides is 2. The first-order valence-electron chi connectivity index (χ1n) is 15.3. The second kappa shape index (κ2) is 14.1. The molecule has 1 saturated heterocycles. The number of piperidine rings is 1. The van der Waals surface area contributed by atoms with Crippen LogP contribution in [0.2, 0.25) is 0 Å². The number of nitrogens with one attached hydrogen (secondary N) is 4. The molecular formula is C35H40N6O3. The van der Waals surface area contributed by atoms with Crippen molar-refractivity contribution in [3.8, 4) is 11.3 Å². The summed E-state index contributed by atoms with van der Waals surface area (Å²) in [5, 5.41) is 12.6. The quantitative estimate of drug-likeness (QED) is 0.191. The van der Waals surface area contributed by atoms with Gasteiger partial charge in [-0.1, -0.05) is 43.7 Å². The van der Waals surface area contributed by atoms with E-state index in [0.717, 1.165) is 61.9 Å². The summed E-state index contributed by atoms with van der Waals surface area (Å²) in [7, 11) is 1.68. The third kappa shape index (κ3) is 7.23. The van der Waals surface area contributed by atoms with Crippen molar-refractivity contribution in [1.82, 2.24) is 20.2 Å². The van der Waals surface area contributed by atoms with Crippen LogP contribution < -0.4 is 26.8 Å². The number of carbonyl (C=O) groups is 2. The van der Waals surface area contributed by atoms with E-state index in [2.05, 4.69) is 33.2 Å². The lowest BCUT2D eigenvalue weighted by atomic mass is 10.0. The number of nitrogens with zero attached hydrogens (tertiary/aromatic N) is 2. The molecule has 9 heteroatoms. The van der Waals surface area contributed by atoms with Crippen LogP contribution in [0.15, 0.2) is 77.7 Å². The summed E-state index contributed by atoms with van der Waals surface area (Å²) in [4.78, 5) is 43.7. The molecule has 228 valence electrons. The van der Waals surface area contributed by atoms with Crippen LogP contribution in [0.25, 0.3) is 11.3 Å². The Hall–Kier alpha value is -4.76. The Labute approximate surface area is 258 Å². The number of rotatable bonds is 10. The summed E-state index contributed by atoms with van der Waals surface area (Å²) in [5.74, 6) is -0.0948. The van der Waals surface area contributed by atoms with Crippen LogP contribution in [0, 0.1) is 6.92 Å². The van der Waals surface area contributed by atoms with Crippen molar-refractivity contribution in [2.45, 2.75) is 52.0 Å². The SMILES string of the molecule is CCCCc1ccccc1C(=O)Nc1cccc(-c2cn(C)c(=O)c(Nc3ccc(C(=O)NC4CCNCC4)cc3)n2)c1C. The van der Waals surface area contributed by atoms with E-state index in [1.54, 1.807) is 37.5 Å². The molecule has 0 atom stereocenters. The molecule has 0 unspecified atom stereocenters. The minimum absolute atomic E-state index is 0.105. The zero-order valence-electron chi connectivity index (χ0n) is 25.6. The largest absolute Gasteiger partial charge is 0.349 e. The van der Waals surface area contributed by atoms with Gasteiger partial charge in [0.2, 0.25) is 0 Å². The van der Waals surface area contributed by atoms with Crippen LogP contribution in [0.1, 0.15) is 64.4 Å². The lowest BCUT2D eigenvalue weighted by Crippen LogP contribution is -2.42. The lowest BCUT2D eigenvalue weighted by molar-refractivity contribution is 0.0929. The Kier molecular flexibility index (Phi) is 9.86. The van der Waals surface area contributed by atoms with Gasteiger partial charge in [-0.15, -0.1) is 0 Å². The minimum atomic E-state index is -0.285. The van der Waals surface area contributed by atoms with Gasteiger partial charge in [-0.05, 0) is 93.2 Å². The Morgan fingerprint density at radius 2 is 1.73 bits per heavy atom. The Morgan fingerprint density at radius 3 is 2.48 bits per heavy atom. The standard InChI is InChI=1S/C35H40N6O3/c1-4-5-9-24-10-6-7-11-29(24)34(43)40-30-13-8-12-28(23(30)2)31-22-41(3)35(44)32(39-31)37-26-16-14-25(15-17-26)33(42)38-27-18-20-36-21-19-27/h6-8,10-17,22,27,36H,4-5,9,18-21H2,1-3H3,(H,37,39)(H,38,42)(H,40,43). The van der Waals surface area contributed by atoms with E-state index in [9.17, 15) is 14.4 Å². The molecule has 2 amide bonds. The molecule has 0 radical (unpaired) electrons. The first-order valence-corrected chi connectivity index (χ1v) is 15.3. The maximum Gasteiger partial charge on any atom is 0.293 e. The highest BCUT2D eigenvalue weighted by Crippen LogP contribution is 2.28. The summed E-state index contributed by atoms with van der Waals surface area (Å²) in [5.41, 5.74) is 5.53. The minimum Gasteiger partial charge on any atom is -0.349 e. The van der Waals surface area contributed by atoms with Crippen molar-refractivity contribution in [1.29, 1.82) is 0 Å². The van der Waals surface area contributed by atoms with Crippen LogP contribution >= 0.6 is 0 Å². The Bertz CT molecular complexity index is 1690. The van der Waals surface area contributed by atoms with Gasteiger partial charge in [-0.25, -0.2) is 4.98 Å². The summed E-state index contributed by atoms with van der Waals surface area (Å²) in [6.45, 7) is 5.88. The smallest absolute Gasteiger partial charge is 0.293 e. The second-order valence-corrected chi connectivity index (χ2v) is 11.3. The van der Waals surface area contributed by atoms with Crippen molar-refractivity contribution in [3.63, 3.8) is 0 Å². The van der Waals surface area contributed by atoms with Gasteiger partial charge in [0.05, 0.1) is 5.69 Å². The predicted octanol–water partition coefficient (Wildman–Crippen LogP) is 5.58. The zero-order chi connectivity index (χ0) is 31.1. The number of hydrogen-bond acceptors (Lipinski definition) is 6. The zero-order valence-corrected chi connectivity index (χ0v) is 25.6. The number of hydrogen-bond donors (Lipinski definition) is 4. The average molecular weight is 593 g/mol. The van der Waals surface area contributed by atoms with Gasteiger partial charge in [0, 0.05) is 47.4 Å². The molecule has 0 bridgehead atoms. The fourth-order valence-corrected chi connectivity index (χ4v) is 5.46. The molecule has 3 aromatic carbocycles. The highest BCUT2D eigenvalue weighted by molar-refractivity contribution is 6.06. The van der Waals surface area contributed by atoms with Gasteiger partial charge in [0.25, 0.3) is 17.4 Å². The number of carbonyl (C=O) groups excluding carboxylic acids is 2. The van der Waals surface area contributed by atoms with E-state index in [4.69, 9.17) is 0 Å². The van der Waals surface area contributed by atoms with Crippen molar-refractivity contribution < 1.29 is 9.59 Å². The Balaban J connectivity index is 1.34. The van der Waals surface area contributed by atoms with Crippen molar-refractivity contribution >= 4 is 29.0 Å². The average Bonchev–Trinajstić information content (AvgIpc) is 3.04. The highest BCUT2D eigenvalue weighted by atomic mass is 16.2. The molecule has 4 aromatic rings. The molecule has 0 spiro atoms. The molecule has 0 saturated carbocycles. The van der Waals surface area contributed by atoms with E-state index in [-0.39, 0.29) is 29.2 Å². The van der Waals surface area contributed by atoms with Gasteiger partial charge in [0.15, 0.2) is 5.82 Å². The molecule has 1 aromatic heterocycles. The molecule has 44 heavy (non-hydrogen) atoms. The summed E-state index contributed by atoms with van der Waals surface area (Å²) in [6.07, 6.45) is 6.45. The fraction of sp³-hybridized carbons (Fsp3) is 0.314. The maximum absolute atomic E-state index is 13.3. The molecule has 9 nitrogen and oxygen atoms in total. The number of aromatic nitrogens is 2. The number of unbranched alkanes of at least 4 members (excludes halogenated alkanes) is 1. The molecule has 4 N–H and O–H groups in total. The lowest BCUT2D eigenvalue weighted by Gasteiger charge is -2.23. The number of benzene rings is 3. The monoisotopic (exact) mass is 592 g/mol. The fourth-order valence-electron chi connectivity index (χ4n) is 5.46. The predicted molar refractivity (Wildman–Crippen MR) is 176 cm³/mol. The molecule has 5 rings (SSSR count). The maximum atomic E-state index is 13.3. The van der Waals surface area contributed by atoms with Crippen LogP contribution in [0.4, 0.5) is 17.2 Å². The summed E-state index contributed by atoms with van der Waals surface area (Å²) < 4.78 is 1.49. The second-order valence-electron chi connectivity index (χ2n) is 11.3. The Morgan fingerprint density at radius 1 is 0.977 bits per heavy atom. The van der Waals surface area contributed by atoms with E-state index in [1.165, 1.54) is 4.57 Å². The molecule has 0 aliphatic carbocycles. The van der Waals surface area contributed by atoms with Gasteiger partial charge in [0.1, 0.15) is 0 Å². The summed E-state index contributed by atoms with van der Waals surface area (Å²) >= 11 is 0. The van der Waals surface area contributed by atoms with E-state index >= 15 is 0 Å². The number of anilines is 3. The third-order valence-corrected chi connectivity index (χ3v) is 8.07. The first-order chi connectivity index (χ1) is 21.3. The van der Waals surface area contributed by atoms with E-state index < -0.39 is 0 Å². The molecule has 1 aliphatic rings. The third-order valence-electron chi connectivity index (χ3n) is 8.07. The molecule has 2 heterocycles. The first kappa shape index (κ1) is 30.7. The normalized spacial score (nSPS) is 13.3. The van der Waals surface area contributed by atoms with Crippen molar-refractivity contribution in [3.05, 3.63) is 106 Å². The van der Waals surface area contributed by atoms with Crippen LogP contribution in [0.5, 0.6) is 0 Å². The molecule has 1 fully saturated rings. The van der Waals surface area contributed by atoms with Crippen molar-refractivity contribution in [2.75, 3.05) is 23.7 Å². The van der Waals surface area contributed by atoms with Gasteiger partial charge >= 0.3 is 0 Å². The van der Waals surface area contributed by atoms with Crippen LogP contribution in [0.3, 0.4) is 0 Å². The number of aryl methyl sites for hydroxylation is 2. The van der Waals surface area contributed by atoms with Gasteiger partial charge in [-0.3, -0.25) is 14.4 Å². The van der Waals surface area contributed by atoms with Crippen LogP contribution in [-0.4, -0.2) is 40.5 Å². The molecule has 1 aliphatic heterocycles. The van der Waals surface area contributed by atoms with Gasteiger partial charge in [-0.2, -0.15) is 0 Å². The van der Waals surface area contributed by atoms with Gasteiger partial charge < -0.3 is 25.8 Å². The van der Waals surface area contributed by atoms with Crippen LogP contribution in [-0.2, 0) is 13.5 Å².